The third kappa shape index (κ3) is 2.13. The van der Waals surface area contributed by atoms with Crippen LogP contribution in [0.1, 0.15) is 32.7 Å². The van der Waals surface area contributed by atoms with Gasteiger partial charge in [0.1, 0.15) is 11.9 Å². The average Bonchev–Trinajstić information content (AvgIpc) is 2.69. The van der Waals surface area contributed by atoms with Gasteiger partial charge in [0.25, 0.3) is 0 Å². The number of ether oxygens (including phenoxy) is 1. The molecule has 1 heterocycles. The molecule has 2 N–H and O–H groups in total. The summed E-state index contributed by atoms with van der Waals surface area (Å²) in [4.78, 5) is 4.68. The summed E-state index contributed by atoms with van der Waals surface area (Å²) in [5.74, 6) is 0.897. The van der Waals surface area contributed by atoms with Crippen LogP contribution in [0.4, 0.5) is 0 Å². The summed E-state index contributed by atoms with van der Waals surface area (Å²) < 4.78 is 7.65. The smallest absolute Gasteiger partial charge is 0.140 e. The standard InChI is InChI=1S/C14H21N3O/c1-14(2,3)17-11-8-6-5-7-10(11)16-13(17)12(9-15)18-4/h5-8,12H,9,15H2,1-4H3. The molecule has 2 aromatic rings. The number of para-hydroxylation sites is 2. The number of benzene rings is 1. The molecule has 0 saturated heterocycles. The van der Waals surface area contributed by atoms with Gasteiger partial charge in [-0.1, -0.05) is 12.1 Å². The van der Waals surface area contributed by atoms with E-state index in [0.29, 0.717) is 6.54 Å². The van der Waals surface area contributed by atoms with Crippen LogP contribution >= 0.6 is 0 Å². The van der Waals surface area contributed by atoms with Crippen molar-refractivity contribution < 1.29 is 4.74 Å². The van der Waals surface area contributed by atoms with Crippen LogP contribution in [0.5, 0.6) is 0 Å². The van der Waals surface area contributed by atoms with E-state index in [1.807, 2.05) is 18.2 Å². The largest absolute Gasteiger partial charge is 0.372 e. The molecule has 0 fully saturated rings. The maximum atomic E-state index is 5.77. The van der Waals surface area contributed by atoms with Crippen molar-refractivity contribution in [2.24, 2.45) is 5.73 Å². The van der Waals surface area contributed by atoms with Gasteiger partial charge in [-0.3, -0.25) is 0 Å². The first-order valence-electron chi connectivity index (χ1n) is 6.19. The van der Waals surface area contributed by atoms with Crippen molar-refractivity contribution in [2.45, 2.75) is 32.4 Å². The second-order valence-electron chi connectivity index (χ2n) is 5.42. The van der Waals surface area contributed by atoms with E-state index in [4.69, 9.17) is 10.5 Å². The number of hydrogen-bond acceptors (Lipinski definition) is 3. The molecule has 0 amide bonds. The van der Waals surface area contributed by atoms with E-state index in [-0.39, 0.29) is 11.6 Å². The first-order chi connectivity index (χ1) is 8.49. The molecule has 1 aromatic heterocycles. The molecule has 0 radical (unpaired) electrons. The lowest BCUT2D eigenvalue weighted by Gasteiger charge is -2.27. The average molecular weight is 247 g/mol. The summed E-state index contributed by atoms with van der Waals surface area (Å²) in [7, 11) is 1.67. The van der Waals surface area contributed by atoms with Gasteiger partial charge in [0, 0.05) is 19.2 Å². The highest BCUT2D eigenvalue weighted by Gasteiger charge is 2.25. The molecule has 0 aliphatic carbocycles. The molecule has 4 heteroatoms. The highest BCUT2D eigenvalue weighted by molar-refractivity contribution is 5.76. The monoisotopic (exact) mass is 247 g/mol. The topological polar surface area (TPSA) is 53.1 Å². The highest BCUT2D eigenvalue weighted by Crippen LogP contribution is 2.28. The van der Waals surface area contributed by atoms with E-state index in [9.17, 15) is 0 Å². The van der Waals surface area contributed by atoms with Crippen LogP contribution in [0.2, 0.25) is 0 Å². The Kier molecular flexibility index (Phi) is 3.41. The maximum Gasteiger partial charge on any atom is 0.140 e. The number of aromatic nitrogens is 2. The third-order valence-corrected chi connectivity index (χ3v) is 3.04. The van der Waals surface area contributed by atoms with Gasteiger partial charge >= 0.3 is 0 Å². The Labute approximate surface area is 108 Å². The molecule has 0 aliphatic rings. The number of nitrogens with zero attached hydrogens (tertiary/aromatic N) is 2. The Balaban J connectivity index is 2.72. The predicted molar refractivity (Wildman–Crippen MR) is 73.5 cm³/mol. The zero-order valence-corrected chi connectivity index (χ0v) is 11.5. The molecule has 98 valence electrons. The van der Waals surface area contributed by atoms with E-state index in [1.54, 1.807) is 7.11 Å². The number of imidazole rings is 1. The zero-order valence-electron chi connectivity index (χ0n) is 11.5. The van der Waals surface area contributed by atoms with E-state index < -0.39 is 0 Å². The minimum Gasteiger partial charge on any atom is -0.372 e. The second kappa shape index (κ2) is 4.71. The summed E-state index contributed by atoms with van der Waals surface area (Å²) in [6.45, 7) is 6.91. The van der Waals surface area contributed by atoms with E-state index in [2.05, 4.69) is 36.4 Å². The molecular formula is C14H21N3O. The van der Waals surface area contributed by atoms with Crippen molar-refractivity contribution in [2.75, 3.05) is 13.7 Å². The van der Waals surface area contributed by atoms with Gasteiger partial charge < -0.3 is 15.0 Å². The number of hydrogen-bond donors (Lipinski definition) is 1. The number of fused-ring (bicyclic) bond motifs is 1. The fourth-order valence-electron chi connectivity index (χ4n) is 2.27. The van der Waals surface area contributed by atoms with Crippen molar-refractivity contribution in [3.8, 4) is 0 Å². The molecule has 4 nitrogen and oxygen atoms in total. The lowest BCUT2D eigenvalue weighted by Crippen LogP contribution is -2.28. The van der Waals surface area contributed by atoms with Crippen molar-refractivity contribution in [1.29, 1.82) is 0 Å². The summed E-state index contributed by atoms with van der Waals surface area (Å²) in [6.07, 6.45) is -0.170. The minimum atomic E-state index is -0.170. The van der Waals surface area contributed by atoms with Crippen molar-refractivity contribution in [1.82, 2.24) is 9.55 Å². The van der Waals surface area contributed by atoms with Crippen LogP contribution in [-0.2, 0) is 10.3 Å². The molecule has 18 heavy (non-hydrogen) atoms. The minimum absolute atomic E-state index is 0.0581. The number of methoxy groups -OCH3 is 1. The van der Waals surface area contributed by atoms with Gasteiger partial charge in [-0.25, -0.2) is 4.98 Å². The van der Waals surface area contributed by atoms with Gasteiger partial charge in [-0.2, -0.15) is 0 Å². The van der Waals surface area contributed by atoms with Crippen LogP contribution in [0.15, 0.2) is 24.3 Å². The molecule has 0 bridgehead atoms. The van der Waals surface area contributed by atoms with Crippen molar-refractivity contribution >= 4 is 11.0 Å². The van der Waals surface area contributed by atoms with Gasteiger partial charge in [-0.15, -0.1) is 0 Å². The molecule has 0 saturated carbocycles. The lowest BCUT2D eigenvalue weighted by molar-refractivity contribution is 0.0962. The molecule has 0 spiro atoms. The SMILES string of the molecule is COC(CN)c1nc2ccccc2n1C(C)(C)C. The Bertz CT molecular complexity index is 535. The second-order valence-corrected chi connectivity index (χ2v) is 5.42. The van der Waals surface area contributed by atoms with Crippen LogP contribution in [-0.4, -0.2) is 23.2 Å². The first-order valence-corrected chi connectivity index (χ1v) is 6.19. The lowest BCUT2D eigenvalue weighted by atomic mass is 10.1. The van der Waals surface area contributed by atoms with Crippen molar-refractivity contribution in [3.63, 3.8) is 0 Å². The fourth-order valence-corrected chi connectivity index (χ4v) is 2.27. The fraction of sp³-hybridized carbons (Fsp3) is 0.500. The normalized spacial score (nSPS) is 14.1. The quantitative estimate of drug-likeness (QED) is 0.906. The Hall–Kier alpha value is -1.39. The van der Waals surface area contributed by atoms with Gasteiger partial charge in [0.15, 0.2) is 0 Å². The maximum absolute atomic E-state index is 5.77. The highest BCUT2D eigenvalue weighted by atomic mass is 16.5. The first kappa shape index (κ1) is 13.1. The number of rotatable bonds is 3. The Morgan fingerprint density at radius 1 is 1.33 bits per heavy atom. The molecule has 2 rings (SSSR count). The molecule has 1 unspecified atom stereocenters. The third-order valence-electron chi connectivity index (χ3n) is 3.04. The van der Waals surface area contributed by atoms with Crippen LogP contribution < -0.4 is 5.73 Å². The Morgan fingerprint density at radius 3 is 2.56 bits per heavy atom. The van der Waals surface area contributed by atoms with E-state index >= 15 is 0 Å². The summed E-state index contributed by atoms with van der Waals surface area (Å²) in [5, 5.41) is 0. The van der Waals surface area contributed by atoms with Crippen LogP contribution in [0.3, 0.4) is 0 Å². The molecule has 1 atom stereocenters. The molecule has 1 aromatic carbocycles. The summed E-state index contributed by atoms with van der Waals surface area (Å²) >= 11 is 0. The predicted octanol–water partition coefficient (Wildman–Crippen LogP) is 2.44. The van der Waals surface area contributed by atoms with Gasteiger partial charge in [0.2, 0.25) is 0 Å². The van der Waals surface area contributed by atoms with E-state index in [1.165, 1.54) is 0 Å². The van der Waals surface area contributed by atoms with Crippen molar-refractivity contribution in [3.05, 3.63) is 30.1 Å². The van der Waals surface area contributed by atoms with E-state index in [0.717, 1.165) is 16.9 Å². The molecular weight excluding hydrogens is 226 g/mol. The van der Waals surface area contributed by atoms with Gasteiger partial charge in [0.05, 0.1) is 11.0 Å². The summed E-state index contributed by atoms with van der Waals surface area (Å²) in [5.41, 5.74) is 7.82. The van der Waals surface area contributed by atoms with Gasteiger partial charge in [-0.05, 0) is 32.9 Å². The molecule has 0 aliphatic heterocycles. The zero-order chi connectivity index (χ0) is 13.3. The summed E-state index contributed by atoms with van der Waals surface area (Å²) in [6, 6.07) is 8.13. The van der Waals surface area contributed by atoms with Crippen LogP contribution in [0.25, 0.3) is 11.0 Å². The number of nitrogens with two attached hydrogens (primary N) is 1. The van der Waals surface area contributed by atoms with Crippen LogP contribution in [0, 0.1) is 0 Å². The Morgan fingerprint density at radius 2 is 2.00 bits per heavy atom.